The third-order valence-corrected chi connectivity index (χ3v) is 4.99. The Bertz CT molecular complexity index is 550. The van der Waals surface area contributed by atoms with Gasteiger partial charge in [-0.15, -0.1) is 0 Å². The number of hydrogen-bond donors (Lipinski definition) is 2. The summed E-state index contributed by atoms with van der Waals surface area (Å²) < 4.78 is 0. The second-order valence-electron chi connectivity index (χ2n) is 6.88. The molecule has 1 rings (SSSR count). The molecule has 0 saturated carbocycles. The number of unbranched alkanes of at least 4 members (excludes halogenated alkanes) is 1. The van der Waals surface area contributed by atoms with Gasteiger partial charge in [-0.2, -0.15) is 0 Å². The van der Waals surface area contributed by atoms with Crippen LogP contribution in [0.3, 0.4) is 0 Å². The maximum absolute atomic E-state index is 5.96. The molecule has 0 saturated heterocycles. The van der Waals surface area contributed by atoms with Crippen LogP contribution in [0.15, 0.2) is 31.4 Å². The zero-order chi connectivity index (χ0) is 18.8. The highest BCUT2D eigenvalue weighted by atomic mass is 15.1. The Morgan fingerprint density at radius 3 is 2.60 bits per heavy atom. The van der Waals surface area contributed by atoms with E-state index in [1.54, 1.807) is 0 Å². The Morgan fingerprint density at radius 1 is 1.32 bits per heavy atom. The summed E-state index contributed by atoms with van der Waals surface area (Å²) in [5.74, 6) is 0.425. The molecule has 25 heavy (non-hydrogen) atoms. The van der Waals surface area contributed by atoms with Crippen molar-refractivity contribution in [2.24, 2.45) is 11.7 Å². The summed E-state index contributed by atoms with van der Waals surface area (Å²) in [6.45, 7) is 16.8. The van der Waals surface area contributed by atoms with Crippen molar-refractivity contribution < 1.29 is 0 Å². The average molecular weight is 344 g/mol. The van der Waals surface area contributed by atoms with Crippen molar-refractivity contribution in [1.29, 1.82) is 0 Å². The standard InChI is InChI=1S/C22H37N3/c1-7-10-15-24-20-14-11-13-19(9-3)22(20)18(5)25(6)21(12-8-2)17(4)16-23/h9,11,13-14,17,21,24H,3,5,7-8,10,12,15-16,23H2,1-2,4,6H3. The summed E-state index contributed by atoms with van der Waals surface area (Å²) in [6.07, 6.45) is 6.50. The zero-order valence-electron chi connectivity index (χ0n) is 16.6. The maximum Gasteiger partial charge on any atom is 0.0440 e. The minimum absolute atomic E-state index is 0.392. The smallest absolute Gasteiger partial charge is 0.0440 e. The van der Waals surface area contributed by atoms with E-state index in [1.165, 1.54) is 6.42 Å². The quantitative estimate of drug-likeness (QED) is 0.512. The van der Waals surface area contributed by atoms with Gasteiger partial charge in [-0.25, -0.2) is 0 Å². The van der Waals surface area contributed by atoms with Crippen LogP contribution in [0.2, 0.25) is 0 Å². The van der Waals surface area contributed by atoms with Gasteiger partial charge in [0.05, 0.1) is 0 Å². The molecule has 140 valence electrons. The summed E-state index contributed by atoms with van der Waals surface area (Å²) in [5.41, 5.74) is 10.4. The fraction of sp³-hybridized carbons (Fsp3) is 0.545. The van der Waals surface area contributed by atoms with E-state index in [9.17, 15) is 0 Å². The van der Waals surface area contributed by atoms with Gasteiger partial charge >= 0.3 is 0 Å². The maximum atomic E-state index is 5.96. The van der Waals surface area contributed by atoms with Gasteiger partial charge < -0.3 is 16.0 Å². The van der Waals surface area contributed by atoms with Crippen LogP contribution in [0, 0.1) is 5.92 Å². The summed E-state index contributed by atoms with van der Waals surface area (Å²) in [7, 11) is 2.14. The van der Waals surface area contributed by atoms with Crippen LogP contribution in [0.5, 0.6) is 0 Å². The fourth-order valence-corrected chi connectivity index (χ4v) is 3.30. The summed E-state index contributed by atoms with van der Waals surface area (Å²) in [6, 6.07) is 6.71. The molecule has 3 N–H and O–H groups in total. The number of benzene rings is 1. The van der Waals surface area contributed by atoms with Crippen LogP contribution >= 0.6 is 0 Å². The molecule has 0 spiro atoms. The number of nitrogens with two attached hydrogens (primary N) is 1. The first kappa shape index (κ1) is 21.3. The highest BCUT2D eigenvalue weighted by Crippen LogP contribution is 2.32. The molecule has 2 atom stereocenters. The Hall–Kier alpha value is -1.74. The normalized spacial score (nSPS) is 13.2. The molecule has 3 heteroatoms. The molecule has 0 radical (unpaired) electrons. The summed E-state index contributed by atoms with van der Waals surface area (Å²) in [4.78, 5) is 2.31. The Labute approximate surface area is 155 Å². The lowest BCUT2D eigenvalue weighted by molar-refractivity contribution is 0.247. The van der Waals surface area contributed by atoms with Gasteiger partial charge in [-0.1, -0.05) is 65.0 Å². The number of hydrogen-bond acceptors (Lipinski definition) is 3. The Balaban J connectivity index is 3.18. The van der Waals surface area contributed by atoms with Crippen LogP contribution < -0.4 is 11.1 Å². The van der Waals surface area contributed by atoms with Crippen molar-refractivity contribution in [3.05, 3.63) is 42.5 Å². The summed E-state index contributed by atoms with van der Waals surface area (Å²) in [5, 5.41) is 3.58. The highest BCUT2D eigenvalue weighted by Gasteiger charge is 2.23. The van der Waals surface area contributed by atoms with Crippen LogP contribution in [0.25, 0.3) is 11.8 Å². The van der Waals surface area contributed by atoms with Gasteiger partial charge in [0, 0.05) is 36.6 Å². The monoisotopic (exact) mass is 343 g/mol. The van der Waals surface area contributed by atoms with Gasteiger partial charge in [0.2, 0.25) is 0 Å². The van der Waals surface area contributed by atoms with Gasteiger partial charge in [-0.05, 0) is 36.9 Å². The van der Waals surface area contributed by atoms with Crippen molar-refractivity contribution in [2.45, 2.75) is 52.5 Å². The topological polar surface area (TPSA) is 41.3 Å². The van der Waals surface area contributed by atoms with E-state index in [-0.39, 0.29) is 0 Å². The summed E-state index contributed by atoms with van der Waals surface area (Å²) >= 11 is 0. The first-order chi connectivity index (χ1) is 12.0. The van der Waals surface area contributed by atoms with E-state index in [1.807, 2.05) is 6.08 Å². The highest BCUT2D eigenvalue weighted by molar-refractivity contribution is 5.81. The predicted molar refractivity (Wildman–Crippen MR) is 114 cm³/mol. The van der Waals surface area contributed by atoms with Crippen molar-refractivity contribution in [3.63, 3.8) is 0 Å². The molecule has 0 amide bonds. The van der Waals surface area contributed by atoms with Crippen molar-refractivity contribution in [3.8, 4) is 0 Å². The zero-order valence-corrected chi connectivity index (χ0v) is 16.6. The second kappa shape index (κ2) is 11.0. The average Bonchev–Trinajstić information content (AvgIpc) is 2.64. The van der Waals surface area contributed by atoms with E-state index < -0.39 is 0 Å². The first-order valence-electron chi connectivity index (χ1n) is 9.63. The molecular weight excluding hydrogens is 306 g/mol. The molecule has 1 aromatic carbocycles. The number of rotatable bonds is 12. The molecule has 3 nitrogen and oxygen atoms in total. The third kappa shape index (κ3) is 5.64. The van der Waals surface area contributed by atoms with Crippen molar-refractivity contribution in [1.82, 2.24) is 4.90 Å². The van der Waals surface area contributed by atoms with Gasteiger partial charge in [0.25, 0.3) is 0 Å². The molecule has 0 heterocycles. The molecule has 1 aromatic rings. The largest absolute Gasteiger partial charge is 0.384 e. The van der Waals surface area contributed by atoms with E-state index in [4.69, 9.17) is 5.73 Å². The van der Waals surface area contributed by atoms with Crippen molar-refractivity contribution >= 4 is 17.5 Å². The molecule has 0 aliphatic carbocycles. The molecule has 0 aliphatic rings. The van der Waals surface area contributed by atoms with Crippen LogP contribution in [-0.2, 0) is 0 Å². The minimum Gasteiger partial charge on any atom is -0.384 e. The second-order valence-corrected chi connectivity index (χ2v) is 6.88. The van der Waals surface area contributed by atoms with E-state index in [0.717, 1.165) is 48.3 Å². The van der Waals surface area contributed by atoms with E-state index in [2.05, 4.69) is 69.4 Å². The molecule has 0 bridgehead atoms. The Kier molecular flexibility index (Phi) is 9.36. The molecule has 0 aromatic heterocycles. The van der Waals surface area contributed by atoms with Gasteiger partial charge in [0.1, 0.15) is 0 Å². The minimum atomic E-state index is 0.392. The lowest BCUT2D eigenvalue weighted by atomic mass is 9.94. The lowest BCUT2D eigenvalue weighted by Crippen LogP contribution is -2.38. The number of nitrogens with zero attached hydrogens (tertiary/aromatic N) is 1. The fourth-order valence-electron chi connectivity index (χ4n) is 3.30. The Morgan fingerprint density at radius 2 is 2.04 bits per heavy atom. The van der Waals surface area contributed by atoms with Crippen molar-refractivity contribution in [2.75, 3.05) is 25.5 Å². The number of anilines is 1. The molecule has 0 aliphatic heterocycles. The van der Waals surface area contributed by atoms with Gasteiger partial charge in [0.15, 0.2) is 0 Å². The first-order valence-corrected chi connectivity index (χ1v) is 9.63. The molecular formula is C22H37N3. The third-order valence-electron chi connectivity index (χ3n) is 4.99. The van der Waals surface area contributed by atoms with Crippen LogP contribution in [-0.4, -0.2) is 31.1 Å². The van der Waals surface area contributed by atoms with E-state index >= 15 is 0 Å². The number of nitrogens with one attached hydrogen (secondary N) is 1. The molecule has 0 fully saturated rings. The predicted octanol–water partition coefficient (Wildman–Crippen LogP) is 5.21. The van der Waals surface area contributed by atoms with Gasteiger partial charge in [-0.3, -0.25) is 0 Å². The SMILES string of the molecule is C=Cc1cccc(NCCCC)c1C(=C)N(C)C(CCC)C(C)CN. The van der Waals surface area contributed by atoms with Crippen LogP contribution in [0.1, 0.15) is 57.6 Å². The van der Waals surface area contributed by atoms with Crippen LogP contribution in [0.4, 0.5) is 5.69 Å². The van der Waals surface area contributed by atoms with E-state index in [0.29, 0.717) is 18.5 Å². The lowest BCUT2D eigenvalue weighted by Gasteiger charge is -2.36. The molecule has 2 unspecified atom stereocenters.